The summed E-state index contributed by atoms with van der Waals surface area (Å²) in [6.07, 6.45) is 10.1. The molecule has 2 fully saturated rings. The van der Waals surface area contributed by atoms with Crippen molar-refractivity contribution >= 4 is 11.8 Å². The van der Waals surface area contributed by atoms with Crippen LogP contribution in [-0.2, 0) is 22.7 Å². The molecule has 0 bridgehead atoms. The van der Waals surface area contributed by atoms with Gasteiger partial charge in [-0.3, -0.25) is 19.3 Å². The van der Waals surface area contributed by atoms with Crippen molar-refractivity contribution in [1.82, 2.24) is 29.5 Å². The Balaban J connectivity index is 1.34. The summed E-state index contributed by atoms with van der Waals surface area (Å²) in [4.78, 5) is 37.3. The Kier molecular flexibility index (Phi) is 5.60. The van der Waals surface area contributed by atoms with E-state index in [-0.39, 0.29) is 23.1 Å². The van der Waals surface area contributed by atoms with E-state index in [0.717, 1.165) is 44.5 Å². The summed E-state index contributed by atoms with van der Waals surface area (Å²) in [6, 6.07) is 3.93. The Morgan fingerprint density at radius 2 is 1.93 bits per heavy atom. The molecule has 2 aliphatic heterocycles. The van der Waals surface area contributed by atoms with Crippen molar-refractivity contribution in [3.8, 4) is 0 Å². The van der Waals surface area contributed by atoms with Crippen LogP contribution < -0.4 is 0 Å². The number of hydrogen-bond acceptors (Lipinski definition) is 5. The van der Waals surface area contributed by atoms with E-state index in [9.17, 15) is 9.59 Å². The molecule has 0 radical (unpaired) electrons. The van der Waals surface area contributed by atoms with Crippen molar-refractivity contribution in [2.24, 2.45) is 11.3 Å². The molecule has 4 heterocycles. The third-order valence-corrected chi connectivity index (χ3v) is 6.36. The van der Waals surface area contributed by atoms with Gasteiger partial charge in [0.2, 0.25) is 11.8 Å². The number of nitrogens with zero attached hydrogens (tertiary/aromatic N) is 6. The van der Waals surface area contributed by atoms with E-state index < -0.39 is 0 Å². The molecule has 0 N–H and O–H groups in total. The average Bonchev–Trinajstić information content (AvgIpc) is 3.25. The van der Waals surface area contributed by atoms with Gasteiger partial charge in [0.05, 0.1) is 12.5 Å². The molecule has 0 saturated carbocycles. The Morgan fingerprint density at radius 1 is 1.17 bits per heavy atom. The first kappa shape index (κ1) is 19.5. The number of aromatic nitrogens is 4. The molecule has 2 aromatic rings. The molecular formula is C21H28N6O2. The van der Waals surface area contributed by atoms with Gasteiger partial charge in [0, 0.05) is 45.0 Å². The lowest BCUT2D eigenvalue weighted by atomic mass is 9.72. The molecular weight excluding hydrogens is 368 g/mol. The van der Waals surface area contributed by atoms with Gasteiger partial charge in [-0.15, -0.1) is 0 Å². The molecule has 0 aromatic carbocycles. The van der Waals surface area contributed by atoms with Gasteiger partial charge in [-0.2, -0.15) is 5.10 Å². The Hall–Kier alpha value is -2.77. The number of pyridine rings is 1. The van der Waals surface area contributed by atoms with E-state index >= 15 is 0 Å². The topological polar surface area (TPSA) is 84.2 Å². The van der Waals surface area contributed by atoms with Gasteiger partial charge in [-0.25, -0.2) is 4.98 Å². The van der Waals surface area contributed by atoms with E-state index in [1.807, 2.05) is 28.9 Å². The first-order chi connectivity index (χ1) is 14.0. The van der Waals surface area contributed by atoms with Crippen molar-refractivity contribution < 1.29 is 9.59 Å². The maximum absolute atomic E-state index is 12.8. The predicted octanol–water partition coefficient (Wildman–Crippen LogP) is 1.74. The summed E-state index contributed by atoms with van der Waals surface area (Å²) in [5, 5.41) is 4.10. The van der Waals surface area contributed by atoms with E-state index in [0.29, 0.717) is 19.5 Å². The lowest BCUT2D eigenvalue weighted by molar-refractivity contribution is -0.144. The second-order valence-electron chi connectivity index (χ2n) is 8.45. The molecule has 2 aromatic heterocycles. The van der Waals surface area contributed by atoms with Crippen molar-refractivity contribution in [1.29, 1.82) is 0 Å². The maximum Gasteiger partial charge on any atom is 0.227 e. The van der Waals surface area contributed by atoms with Crippen LogP contribution in [0.1, 0.15) is 38.2 Å². The van der Waals surface area contributed by atoms with Gasteiger partial charge < -0.3 is 9.80 Å². The van der Waals surface area contributed by atoms with Crippen LogP contribution in [0.2, 0.25) is 0 Å². The molecule has 4 rings (SSSR count). The molecule has 1 spiro atoms. The van der Waals surface area contributed by atoms with E-state index in [2.05, 4.69) is 15.1 Å². The molecule has 2 saturated heterocycles. The van der Waals surface area contributed by atoms with Crippen molar-refractivity contribution in [3.63, 3.8) is 0 Å². The lowest BCUT2D eigenvalue weighted by Gasteiger charge is -2.47. The summed E-state index contributed by atoms with van der Waals surface area (Å²) >= 11 is 0. The van der Waals surface area contributed by atoms with Crippen molar-refractivity contribution in [2.75, 3.05) is 19.6 Å². The molecule has 1 atom stereocenters. The number of likely N-dealkylation sites (tertiary alicyclic amines) is 2. The second-order valence-corrected chi connectivity index (χ2v) is 8.45. The molecule has 2 amide bonds. The maximum atomic E-state index is 12.8. The van der Waals surface area contributed by atoms with Gasteiger partial charge >= 0.3 is 0 Å². The summed E-state index contributed by atoms with van der Waals surface area (Å²) in [6.45, 7) is 5.44. The van der Waals surface area contributed by atoms with Crippen LogP contribution >= 0.6 is 0 Å². The minimum Gasteiger partial charge on any atom is -0.342 e. The number of hydrogen-bond donors (Lipinski definition) is 0. The largest absolute Gasteiger partial charge is 0.342 e. The van der Waals surface area contributed by atoms with Gasteiger partial charge in [-0.1, -0.05) is 6.92 Å². The normalized spacial score (nSPS) is 20.1. The first-order valence-electron chi connectivity index (χ1n) is 10.3. The Bertz CT molecular complexity index is 830. The molecule has 1 unspecified atom stereocenters. The summed E-state index contributed by atoms with van der Waals surface area (Å²) in [7, 11) is 0. The molecule has 0 aliphatic carbocycles. The number of amides is 2. The van der Waals surface area contributed by atoms with Gasteiger partial charge in [0.1, 0.15) is 12.7 Å². The zero-order chi connectivity index (χ0) is 20.3. The van der Waals surface area contributed by atoms with E-state index in [1.54, 1.807) is 23.4 Å². The highest BCUT2D eigenvalue weighted by Crippen LogP contribution is 2.40. The van der Waals surface area contributed by atoms with Crippen LogP contribution in [0.5, 0.6) is 0 Å². The van der Waals surface area contributed by atoms with Crippen LogP contribution in [-0.4, -0.2) is 61.0 Å². The minimum absolute atomic E-state index is 0.123. The number of carbonyl (C=O) groups excluding carboxylic acids is 2. The zero-order valence-electron chi connectivity index (χ0n) is 16.9. The van der Waals surface area contributed by atoms with Gasteiger partial charge in [-0.05, 0) is 42.4 Å². The lowest BCUT2D eigenvalue weighted by Crippen LogP contribution is -2.52. The SMILES string of the molecule is CC(Cn1cncn1)C(=O)N1CCC2(CCC(=O)N(Cc3ccncc3)C2)CC1. The number of carbonyl (C=O) groups is 2. The second kappa shape index (κ2) is 8.31. The highest BCUT2D eigenvalue weighted by molar-refractivity contribution is 5.79. The standard InChI is InChI=1S/C21H28N6O2/c1-17(12-27-16-23-15-24-27)20(29)25-10-6-21(7-11-25)5-2-19(28)26(14-21)13-18-3-8-22-9-4-18/h3-4,8-9,15-17H,2,5-7,10-14H2,1H3. The third-order valence-electron chi connectivity index (χ3n) is 6.36. The van der Waals surface area contributed by atoms with E-state index in [4.69, 9.17) is 0 Å². The Labute approximate surface area is 170 Å². The van der Waals surface area contributed by atoms with Crippen molar-refractivity contribution in [2.45, 2.75) is 45.7 Å². The Morgan fingerprint density at radius 3 is 2.62 bits per heavy atom. The predicted molar refractivity (Wildman–Crippen MR) is 106 cm³/mol. The molecule has 8 nitrogen and oxygen atoms in total. The van der Waals surface area contributed by atoms with Gasteiger partial charge in [0.15, 0.2) is 0 Å². The quantitative estimate of drug-likeness (QED) is 0.769. The van der Waals surface area contributed by atoms with Gasteiger partial charge in [0.25, 0.3) is 0 Å². The minimum atomic E-state index is -0.123. The summed E-state index contributed by atoms with van der Waals surface area (Å²) in [5.74, 6) is 0.283. The monoisotopic (exact) mass is 396 g/mol. The van der Waals surface area contributed by atoms with Crippen LogP contribution in [0, 0.1) is 11.3 Å². The third kappa shape index (κ3) is 4.46. The van der Waals surface area contributed by atoms with Crippen molar-refractivity contribution in [3.05, 3.63) is 42.7 Å². The smallest absolute Gasteiger partial charge is 0.227 e. The highest BCUT2D eigenvalue weighted by atomic mass is 16.2. The molecule has 154 valence electrons. The van der Waals surface area contributed by atoms with Crippen LogP contribution in [0.3, 0.4) is 0 Å². The number of piperidine rings is 2. The molecule has 29 heavy (non-hydrogen) atoms. The van der Waals surface area contributed by atoms with Crippen LogP contribution in [0.4, 0.5) is 0 Å². The molecule has 2 aliphatic rings. The highest BCUT2D eigenvalue weighted by Gasteiger charge is 2.42. The first-order valence-corrected chi connectivity index (χ1v) is 10.3. The molecule has 8 heteroatoms. The fraction of sp³-hybridized carbons (Fsp3) is 0.571. The average molecular weight is 396 g/mol. The van der Waals surface area contributed by atoms with Crippen LogP contribution in [0.15, 0.2) is 37.2 Å². The fourth-order valence-corrected chi connectivity index (χ4v) is 4.56. The fourth-order valence-electron chi connectivity index (χ4n) is 4.56. The zero-order valence-corrected chi connectivity index (χ0v) is 16.9. The van der Waals surface area contributed by atoms with E-state index in [1.165, 1.54) is 6.33 Å². The van der Waals surface area contributed by atoms with Crippen LogP contribution in [0.25, 0.3) is 0 Å². The number of rotatable bonds is 5. The summed E-state index contributed by atoms with van der Waals surface area (Å²) in [5.41, 5.74) is 1.24. The summed E-state index contributed by atoms with van der Waals surface area (Å²) < 4.78 is 1.71.